The molecule has 2 unspecified atom stereocenters. The van der Waals surface area contributed by atoms with Crippen molar-refractivity contribution >= 4 is 6.08 Å². The highest BCUT2D eigenvalue weighted by atomic mass is 16.5. The fraction of sp³-hybridized carbons (Fsp3) is 0.481. The van der Waals surface area contributed by atoms with Gasteiger partial charge in [0.2, 0.25) is 0 Å². The van der Waals surface area contributed by atoms with Crippen LogP contribution in [-0.2, 0) is 6.42 Å². The molecule has 1 aliphatic rings. The molecule has 1 N–H and O–H groups in total. The van der Waals surface area contributed by atoms with Gasteiger partial charge in [-0.15, -0.1) is 0 Å². The molecule has 0 radical (unpaired) electrons. The van der Waals surface area contributed by atoms with Crippen LogP contribution in [-0.4, -0.2) is 43.4 Å². The molecule has 1 aliphatic carbocycles. The minimum absolute atomic E-state index is 0.252. The Morgan fingerprint density at radius 1 is 1.10 bits per heavy atom. The second-order valence-corrected chi connectivity index (χ2v) is 8.91. The molecule has 0 aromatic heterocycles. The molecule has 162 valence electrons. The van der Waals surface area contributed by atoms with E-state index in [4.69, 9.17) is 4.74 Å². The summed E-state index contributed by atoms with van der Waals surface area (Å²) in [6.45, 7) is 0.914. The summed E-state index contributed by atoms with van der Waals surface area (Å²) >= 11 is 0. The standard InChI is InChI=1S/C27H37NO2/c1-28(2)21-25-16-8-7-15-24(19-23-13-9-17-26(20-23)30-3)27(25,29)18-10-14-22-11-5-4-6-12-22/h4-6,9,11-13,17,19-20,25,29H,7-8,10,14-16,18,21H2,1-3H3/b24-19+. The highest BCUT2D eigenvalue weighted by molar-refractivity contribution is 5.57. The Balaban J connectivity index is 1.88. The topological polar surface area (TPSA) is 32.7 Å². The van der Waals surface area contributed by atoms with Gasteiger partial charge in [0.25, 0.3) is 0 Å². The number of hydrogen-bond donors (Lipinski definition) is 1. The molecule has 0 bridgehead atoms. The third-order valence-electron chi connectivity index (χ3n) is 6.37. The number of methoxy groups -OCH3 is 1. The van der Waals surface area contributed by atoms with E-state index < -0.39 is 5.60 Å². The first-order valence-electron chi connectivity index (χ1n) is 11.3. The average molecular weight is 408 g/mol. The van der Waals surface area contributed by atoms with Crippen molar-refractivity contribution in [3.05, 3.63) is 71.3 Å². The van der Waals surface area contributed by atoms with Crippen LogP contribution < -0.4 is 4.74 Å². The number of aliphatic hydroxyl groups is 1. The van der Waals surface area contributed by atoms with Crippen LogP contribution in [0, 0.1) is 5.92 Å². The summed E-state index contributed by atoms with van der Waals surface area (Å²) < 4.78 is 5.41. The summed E-state index contributed by atoms with van der Waals surface area (Å²) in [6, 6.07) is 18.8. The van der Waals surface area contributed by atoms with Crippen LogP contribution in [0.5, 0.6) is 5.75 Å². The van der Waals surface area contributed by atoms with Crippen LogP contribution in [0.3, 0.4) is 0 Å². The Morgan fingerprint density at radius 2 is 1.90 bits per heavy atom. The van der Waals surface area contributed by atoms with Crippen molar-refractivity contribution in [1.29, 1.82) is 0 Å². The largest absolute Gasteiger partial charge is 0.497 e. The van der Waals surface area contributed by atoms with Gasteiger partial charge in [0.1, 0.15) is 5.75 Å². The number of ether oxygens (including phenoxy) is 1. The van der Waals surface area contributed by atoms with Crippen molar-refractivity contribution in [2.45, 2.75) is 50.5 Å². The first kappa shape index (κ1) is 22.6. The Bertz CT molecular complexity index is 815. The monoisotopic (exact) mass is 407 g/mol. The zero-order valence-corrected chi connectivity index (χ0v) is 18.8. The van der Waals surface area contributed by atoms with E-state index in [-0.39, 0.29) is 5.92 Å². The molecule has 3 nitrogen and oxygen atoms in total. The van der Waals surface area contributed by atoms with Crippen molar-refractivity contribution in [2.75, 3.05) is 27.7 Å². The highest BCUT2D eigenvalue weighted by Crippen LogP contribution is 2.41. The predicted molar refractivity (Wildman–Crippen MR) is 126 cm³/mol. The van der Waals surface area contributed by atoms with Crippen molar-refractivity contribution < 1.29 is 9.84 Å². The summed E-state index contributed by atoms with van der Waals surface area (Å²) in [7, 11) is 5.92. The van der Waals surface area contributed by atoms with Crippen LogP contribution in [0.1, 0.15) is 49.7 Å². The van der Waals surface area contributed by atoms with Gasteiger partial charge in [-0.1, -0.05) is 55.0 Å². The van der Waals surface area contributed by atoms with Gasteiger partial charge in [0, 0.05) is 12.5 Å². The molecule has 2 aromatic rings. The van der Waals surface area contributed by atoms with E-state index in [0.29, 0.717) is 0 Å². The molecule has 2 aromatic carbocycles. The molecule has 30 heavy (non-hydrogen) atoms. The SMILES string of the molecule is COc1cccc(/C=C2\CCCCC(CN(C)C)C2(O)CCCc2ccccc2)c1. The summed E-state index contributed by atoms with van der Waals surface area (Å²) in [6.07, 6.45) is 9.37. The summed E-state index contributed by atoms with van der Waals surface area (Å²) in [4.78, 5) is 2.22. The Morgan fingerprint density at radius 3 is 2.63 bits per heavy atom. The maximum atomic E-state index is 12.2. The number of aryl methyl sites for hydroxylation is 1. The molecule has 2 atom stereocenters. The van der Waals surface area contributed by atoms with E-state index in [9.17, 15) is 5.11 Å². The minimum atomic E-state index is -0.765. The lowest BCUT2D eigenvalue weighted by Crippen LogP contribution is -2.44. The van der Waals surface area contributed by atoms with E-state index in [1.54, 1.807) is 7.11 Å². The third-order valence-corrected chi connectivity index (χ3v) is 6.37. The molecular formula is C27H37NO2. The molecule has 0 heterocycles. The molecule has 0 saturated heterocycles. The molecule has 1 saturated carbocycles. The lowest BCUT2D eigenvalue weighted by molar-refractivity contribution is -0.00391. The summed E-state index contributed by atoms with van der Waals surface area (Å²) in [5, 5.41) is 12.2. The van der Waals surface area contributed by atoms with Crippen LogP contribution in [0.4, 0.5) is 0 Å². The van der Waals surface area contributed by atoms with Crippen molar-refractivity contribution in [2.24, 2.45) is 5.92 Å². The smallest absolute Gasteiger partial charge is 0.119 e. The first-order valence-corrected chi connectivity index (χ1v) is 11.3. The van der Waals surface area contributed by atoms with Crippen molar-refractivity contribution in [3.8, 4) is 5.75 Å². The van der Waals surface area contributed by atoms with Gasteiger partial charge in [-0.3, -0.25) is 0 Å². The van der Waals surface area contributed by atoms with E-state index in [2.05, 4.69) is 67.5 Å². The van der Waals surface area contributed by atoms with Crippen LogP contribution in [0.25, 0.3) is 6.08 Å². The molecule has 3 heteroatoms. The molecule has 0 amide bonds. The van der Waals surface area contributed by atoms with Gasteiger partial charge >= 0.3 is 0 Å². The zero-order valence-electron chi connectivity index (χ0n) is 18.8. The van der Waals surface area contributed by atoms with Crippen molar-refractivity contribution in [1.82, 2.24) is 4.90 Å². The number of hydrogen-bond acceptors (Lipinski definition) is 3. The summed E-state index contributed by atoms with van der Waals surface area (Å²) in [5.74, 6) is 1.11. The fourth-order valence-corrected chi connectivity index (χ4v) is 4.81. The third kappa shape index (κ3) is 5.96. The maximum absolute atomic E-state index is 12.2. The Labute approximate surface area is 182 Å². The van der Waals surface area contributed by atoms with E-state index in [0.717, 1.165) is 56.4 Å². The van der Waals surface area contributed by atoms with Crippen LogP contribution in [0.15, 0.2) is 60.2 Å². The van der Waals surface area contributed by atoms with E-state index >= 15 is 0 Å². The maximum Gasteiger partial charge on any atom is 0.119 e. The van der Waals surface area contributed by atoms with Crippen LogP contribution in [0.2, 0.25) is 0 Å². The minimum Gasteiger partial charge on any atom is -0.497 e. The van der Waals surface area contributed by atoms with Gasteiger partial charge in [0.05, 0.1) is 12.7 Å². The number of nitrogens with zero attached hydrogens (tertiary/aromatic N) is 1. The Kier molecular flexibility index (Phi) is 8.12. The lowest BCUT2D eigenvalue weighted by Gasteiger charge is -2.39. The van der Waals surface area contributed by atoms with Crippen molar-refractivity contribution in [3.63, 3.8) is 0 Å². The van der Waals surface area contributed by atoms with Gasteiger partial charge < -0.3 is 14.7 Å². The quantitative estimate of drug-likeness (QED) is 0.580. The van der Waals surface area contributed by atoms with E-state index in [1.165, 1.54) is 17.6 Å². The zero-order chi connectivity index (χ0) is 21.4. The Hall–Kier alpha value is -2.10. The van der Waals surface area contributed by atoms with Gasteiger partial charge in [-0.05, 0) is 81.5 Å². The molecule has 0 spiro atoms. The second kappa shape index (κ2) is 10.8. The number of rotatable bonds is 8. The lowest BCUT2D eigenvalue weighted by atomic mass is 9.75. The number of benzene rings is 2. The molecule has 0 aliphatic heterocycles. The van der Waals surface area contributed by atoms with Gasteiger partial charge in [0.15, 0.2) is 0 Å². The first-order chi connectivity index (χ1) is 14.5. The van der Waals surface area contributed by atoms with Crippen LogP contribution >= 0.6 is 0 Å². The van der Waals surface area contributed by atoms with Gasteiger partial charge in [-0.2, -0.15) is 0 Å². The normalized spacial score (nSPS) is 23.5. The second-order valence-electron chi connectivity index (χ2n) is 8.91. The fourth-order valence-electron chi connectivity index (χ4n) is 4.81. The summed E-state index contributed by atoms with van der Waals surface area (Å²) in [5.41, 5.74) is 2.88. The molecular weight excluding hydrogens is 370 g/mol. The van der Waals surface area contributed by atoms with E-state index in [1.807, 2.05) is 12.1 Å². The average Bonchev–Trinajstić information content (AvgIpc) is 2.88. The predicted octanol–water partition coefficient (Wildman–Crippen LogP) is 5.58. The highest BCUT2D eigenvalue weighted by Gasteiger charge is 2.40. The van der Waals surface area contributed by atoms with Gasteiger partial charge in [-0.25, -0.2) is 0 Å². The molecule has 3 rings (SSSR count). The molecule has 1 fully saturated rings.